The molecule has 88 valence electrons. The number of rotatable bonds is 3. The Morgan fingerprint density at radius 3 is 2.50 bits per heavy atom. The zero-order chi connectivity index (χ0) is 11.6. The minimum absolute atomic E-state index is 0.105. The van der Waals surface area contributed by atoms with Gasteiger partial charge in [-0.15, -0.1) is 0 Å². The molecule has 1 fully saturated rings. The highest BCUT2D eigenvalue weighted by molar-refractivity contribution is 5.25. The van der Waals surface area contributed by atoms with Crippen molar-refractivity contribution >= 4 is 0 Å². The fourth-order valence-corrected chi connectivity index (χ4v) is 2.34. The van der Waals surface area contributed by atoms with Crippen LogP contribution < -0.4 is 5.32 Å². The van der Waals surface area contributed by atoms with Crippen LogP contribution in [0.5, 0.6) is 0 Å². The maximum absolute atomic E-state index is 12.4. The molecule has 1 nitrogen and oxygen atoms in total. The maximum atomic E-state index is 12.4. The number of alkyl halides is 2. The van der Waals surface area contributed by atoms with Gasteiger partial charge in [0.2, 0.25) is 0 Å². The lowest BCUT2D eigenvalue weighted by Crippen LogP contribution is -2.38. The highest BCUT2D eigenvalue weighted by Gasteiger charge is 2.27. The van der Waals surface area contributed by atoms with Crippen LogP contribution in [0.4, 0.5) is 8.78 Å². The van der Waals surface area contributed by atoms with Crippen LogP contribution in [0.2, 0.25) is 0 Å². The third-order valence-electron chi connectivity index (χ3n) is 3.28. The largest absolute Gasteiger partial charge is 0.311 e. The molecule has 0 bridgehead atoms. The molecule has 1 atom stereocenters. The van der Waals surface area contributed by atoms with E-state index in [0.717, 1.165) is 24.9 Å². The summed E-state index contributed by atoms with van der Waals surface area (Å²) in [6.07, 6.45) is 0.903. The summed E-state index contributed by atoms with van der Waals surface area (Å²) in [5, 5.41) is 3.47. The van der Waals surface area contributed by atoms with Crippen molar-refractivity contribution in [2.24, 2.45) is 0 Å². The van der Waals surface area contributed by atoms with Crippen LogP contribution in [0.15, 0.2) is 24.3 Å². The zero-order valence-electron chi connectivity index (χ0n) is 9.47. The molecule has 0 amide bonds. The minimum Gasteiger partial charge on any atom is -0.311 e. The summed E-state index contributed by atoms with van der Waals surface area (Å²) in [5.74, 6) is 0. The minimum atomic E-state index is -2.37. The summed E-state index contributed by atoms with van der Waals surface area (Å²) in [5.41, 5.74) is 1.38. The second-order valence-electron chi connectivity index (χ2n) is 4.81. The van der Waals surface area contributed by atoms with Gasteiger partial charge in [-0.05, 0) is 38.3 Å². The second kappa shape index (κ2) is 4.50. The van der Waals surface area contributed by atoms with E-state index < -0.39 is 6.43 Å². The van der Waals surface area contributed by atoms with E-state index in [-0.39, 0.29) is 11.1 Å². The fraction of sp³-hybridized carbons (Fsp3) is 0.538. The Balaban J connectivity index is 2.05. The third kappa shape index (κ3) is 2.59. The van der Waals surface area contributed by atoms with Gasteiger partial charge in [-0.1, -0.05) is 24.3 Å². The monoisotopic (exact) mass is 225 g/mol. The third-order valence-corrected chi connectivity index (χ3v) is 3.28. The molecule has 1 saturated heterocycles. The fourth-order valence-electron chi connectivity index (χ4n) is 2.34. The lowest BCUT2D eigenvalue weighted by molar-refractivity contribution is 0.151. The van der Waals surface area contributed by atoms with E-state index in [1.54, 1.807) is 0 Å². The zero-order valence-corrected chi connectivity index (χ0v) is 9.47. The van der Waals surface area contributed by atoms with Crippen LogP contribution in [-0.4, -0.2) is 12.1 Å². The summed E-state index contributed by atoms with van der Waals surface area (Å²) in [7, 11) is 0. The van der Waals surface area contributed by atoms with E-state index in [2.05, 4.69) is 12.2 Å². The van der Waals surface area contributed by atoms with Gasteiger partial charge in [-0.2, -0.15) is 0 Å². The standard InChI is InChI=1S/C13H17F2N/c1-13(7-2-8-16-13)9-10-3-5-11(6-4-10)12(14)15/h3-6,12,16H,2,7-9H2,1H3/t13-/m1/s1. The predicted octanol–water partition coefficient (Wildman–Crippen LogP) is 3.31. The first kappa shape index (κ1) is 11.5. The first-order valence-electron chi connectivity index (χ1n) is 5.71. The van der Waals surface area contributed by atoms with Gasteiger partial charge in [0.15, 0.2) is 0 Å². The van der Waals surface area contributed by atoms with Crippen molar-refractivity contribution in [2.75, 3.05) is 6.54 Å². The van der Waals surface area contributed by atoms with Crippen LogP contribution in [0.1, 0.15) is 37.3 Å². The van der Waals surface area contributed by atoms with Gasteiger partial charge >= 0.3 is 0 Å². The lowest BCUT2D eigenvalue weighted by Gasteiger charge is -2.24. The van der Waals surface area contributed by atoms with Crippen molar-refractivity contribution < 1.29 is 8.78 Å². The molecular weight excluding hydrogens is 208 g/mol. The number of nitrogens with one attached hydrogen (secondary N) is 1. The van der Waals surface area contributed by atoms with Crippen molar-refractivity contribution in [3.63, 3.8) is 0 Å². The summed E-state index contributed by atoms with van der Waals surface area (Å²) in [6.45, 7) is 3.26. The molecule has 0 radical (unpaired) electrons. The van der Waals surface area contributed by atoms with Crippen LogP contribution in [0.3, 0.4) is 0 Å². The van der Waals surface area contributed by atoms with Gasteiger partial charge < -0.3 is 5.32 Å². The summed E-state index contributed by atoms with van der Waals surface area (Å²) in [6, 6.07) is 6.68. The molecule has 3 heteroatoms. The Labute approximate surface area is 94.9 Å². The molecule has 16 heavy (non-hydrogen) atoms. The Morgan fingerprint density at radius 1 is 1.31 bits per heavy atom. The van der Waals surface area contributed by atoms with Gasteiger partial charge in [0.1, 0.15) is 0 Å². The SMILES string of the molecule is C[C@]1(Cc2ccc(C(F)F)cc2)CCCN1. The van der Waals surface area contributed by atoms with Crippen molar-refractivity contribution in [1.82, 2.24) is 5.32 Å². The van der Waals surface area contributed by atoms with Crippen molar-refractivity contribution in [2.45, 2.75) is 38.2 Å². The van der Waals surface area contributed by atoms with Crippen LogP contribution >= 0.6 is 0 Å². The molecule has 1 aliphatic rings. The predicted molar refractivity (Wildman–Crippen MR) is 60.7 cm³/mol. The molecule has 0 saturated carbocycles. The van der Waals surface area contributed by atoms with E-state index in [0.29, 0.717) is 0 Å². The second-order valence-corrected chi connectivity index (χ2v) is 4.81. The van der Waals surface area contributed by atoms with Crippen molar-refractivity contribution in [3.05, 3.63) is 35.4 Å². The molecule has 0 aromatic heterocycles. The normalized spacial score (nSPS) is 25.2. The molecule has 0 unspecified atom stereocenters. The smallest absolute Gasteiger partial charge is 0.263 e. The molecule has 1 aromatic rings. The Kier molecular flexibility index (Phi) is 3.24. The topological polar surface area (TPSA) is 12.0 Å². The molecule has 1 aliphatic heterocycles. The van der Waals surface area contributed by atoms with Gasteiger partial charge in [0.05, 0.1) is 0 Å². The number of halogens is 2. The average molecular weight is 225 g/mol. The van der Waals surface area contributed by atoms with E-state index >= 15 is 0 Å². The number of hydrogen-bond acceptors (Lipinski definition) is 1. The van der Waals surface area contributed by atoms with Crippen LogP contribution in [-0.2, 0) is 6.42 Å². The maximum Gasteiger partial charge on any atom is 0.263 e. The molecule has 1 aromatic carbocycles. The first-order valence-corrected chi connectivity index (χ1v) is 5.71. The van der Waals surface area contributed by atoms with E-state index in [1.165, 1.54) is 18.6 Å². The van der Waals surface area contributed by atoms with Crippen LogP contribution in [0.25, 0.3) is 0 Å². The van der Waals surface area contributed by atoms with E-state index in [9.17, 15) is 8.78 Å². The summed E-state index contributed by atoms with van der Waals surface area (Å²) >= 11 is 0. The molecule has 0 spiro atoms. The number of benzene rings is 1. The molecule has 1 N–H and O–H groups in total. The highest BCUT2D eigenvalue weighted by Crippen LogP contribution is 2.25. The molecule has 2 rings (SSSR count). The quantitative estimate of drug-likeness (QED) is 0.832. The summed E-state index contributed by atoms with van der Waals surface area (Å²) < 4.78 is 24.7. The average Bonchev–Trinajstić information content (AvgIpc) is 2.65. The Bertz CT molecular complexity index is 339. The molecule has 1 heterocycles. The van der Waals surface area contributed by atoms with Gasteiger partial charge in [0, 0.05) is 11.1 Å². The van der Waals surface area contributed by atoms with Gasteiger partial charge in [0.25, 0.3) is 6.43 Å². The van der Waals surface area contributed by atoms with Crippen molar-refractivity contribution in [1.29, 1.82) is 0 Å². The van der Waals surface area contributed by atoms with Crippen LogP contribution in [0, 0.1) is 0 Å². The van der Waals surface area contributed by atoms with Gasteiger partial charge in [-0.25, -0.2) is 8.78 Å². The lowest BCUT2D eigenvalue weighted by atomic mass is 9.91. The highest BCUT2D eigenvalue weighted by atomic mass is 19.3. The van der Waals surface area contributed by atoms with E-state index in [4.69, 9.17) is 0 Å². The first-order chi connectivity index (χ1) is 7.59. The summed E-state index contributed by atoms with van der Waals surface area (Å²) in [4.78, 5) is 0. The molecular formula is C13H17F2N. The molecule has 0 aliphatic carbocycles. The van der Waals surface area contributed by atoms with Gasteiger partial charge in [-0.3, -0.25) is 0 Å². The Hall–Kier alpha value is -0.960. The van der Waals surface area contributed by atoms with Crippen molar-refractivity contribution in [3.8, 4) is 0 Å². The van der Waals surface area contributed by atoms with E-state index in [1.807, 2.05) is 12.1 Å². The Morgan fingerprint density at radius 2 is 2.00 bits per heavy atom. The number of hydrogen-bond donors (Lipinski definition) is 1.